The third-order valence-electron chi connectivity index (χ3n) is 4.67. The van der Waals surface area contributed by atoms with Crippen LogP contribution in [-0.4, -0.2) is 29.8 Å². The largest absolute Gasteiger partial charge is 0.393 e. The Bertz CT molecular complexity index is 685. The summed E-state index contributed by atoms with van der Waals surface area (Å²) in [6.07, 6.45) is 3.62. The number of guanidine groups is 1. The van der Waals surface area contributed by atoms with E-state index in [4.69, 9.17) is 4.99 Å². The van der Waals surface area contributed by atoms with Crippen LogP contribution in [0.25, 0.3) is 10.8 Å². The maximum Gasteiger partial charge on any atom is 0.191 e. The zero-order chi connectivity index (χ0) is 16.8. The van der Waals surface area contributed by atoms with E-state index in [1.54, 1.807) is 0 Å². The average molecular weight is 325 g/mol. The highest BCUT2D eigenvalue weighted by molar-refractivity contribution is 5.86. The molecule has 2 aromatic rings. The number of benzene rings is 2. The fourth-order valence-electron chi connectivity index (χ4n) is 3.33. The standard InChI is InChI=1S/C20H27N3O/c1-2-21-20(23-17-10-12-18(24)13-11-17)22-14-16-8-5-7-15-6-3-4-9-19(15)16/h3-9,17-18,24H,2,10-14H2,1H3,(H2,21,22,23). The van der Waals surface area contributed by atoms with Crippen molar-refractivity contribution in [2.24, 2.45) is 4.99 Å². The molecule has 0 atom stereocenters. The van der Waals surface area contributed by atoms with Crippen LogP contribution in [0.15, 0.2) is 47.5 Å². The third kappa shape index (κ3) is 4.26. The number of nitrogens with one attached hydrogen (secondary N) is 2. The SMILES string of the molecule is CCNC(=NCc1cccc2ccccc12)NC1CCC(O)CC1. The second-order valence-electron chi connectivity index (χ2n) is 6.48. The average Bonchev–Trinajstić information content (AvgIpc) is 2.62. The van der Waals surface area contributed by atoms with E-state index in [1.165, 1.54) is 16.3 Å². The first-order chi connectivity index (χ1) is 11.8. The monoisotopic (exact) mass is 325 g/mol. The molecule has 4 nitrogen and oxygen atoms in total. The first-order valence-corrected chi connectivity index (χ1v) is 8.96. The number of nitrogens with zero attached hydrogens (tertiary/aromatic N) is 1. The molecule has 0 spiro atoms. The second-order valence-corrected chi connectivity index (χ2v) is 6.48. The highest BCUT2D eigenvalue weighted by Gasteiger charge is 2.19. The molecule has 1 saturated carbocycles. The van der Waals surface area contributed by atoms with Gasteiger partial charge in [-0.05, 0) is 48.9 Å². The minimum atomic E-state index is -0.127. The van der Waals surface area contributed by atoms with Gasteiger partial charge < -0.3 is 15.7 Å². The van der Waals surface area contributed by atoms with Crippen LogP contribution < -0.4 is 10.6 Å². The van der Waals surface area contributed by atoms with Gasteiger partial charge in [-0.25, -0.2) is 4.99 Å². The second kappa shape index (κ2) is 8.15. The number of hydrogen-bond donors (Lipinski definition) is 3. The number of rotatable bonds is 4. The number of hydrogen-bond acceptors (Lipinski definition) is 2. The van der Waals surface area contributed by atoms with E-state index in [9.17, 15) is 5.11 Å². The number of aliphatic hydroxyl groups excluding tert-OH is 1. The first kappa shape index (κ1) is 16.8. The van der Waals surface area contributed by atoms with Gasteiger partial charge in [0.25, 0.3) is 0 Å². The number of aliphatic imine (C=N–C) groups is 1. The fraction of sp³-hybridized carbons (Fsp3) is 0.450. The van der Waals surface area contributed by atoms with E-state index in [-0.39, 0.29) is 6.10 Å². The Hall–Kier alpha value is -2.07. The summed E-state index contributed by atoms with van der Waals surface area (Å²) in [4.78, 5) is 4.78. The van der Waals surface area contributed by atoms with Crippen molar-refractivity contribution in [3.8, 4) is 0 Å². The number of aliphatic hydroxyl groups is 1. The predicted molar refractivity (Wildman–Crippen MR) is 100 cm³/mol. The van der Waals surface area contributed by atoms with E-state index in [1.807, 2.05) is 0 Å². The van der Waals surface area contributed by atoms with Gasteiger partial charge in [-0.1, -0.05) is 42.5 Å². The van der Waals surface area contributed by atoms with E-state index < -0.39 is 0 Å². The van der Waals surface area contributed by atoms with Gasteiger partial charge >= 0.3 is 0 Å². The Kier molecular flexibility index (Phi) is 5.70. The lowest BCUT2D eigenvalue weighted by Crippen LogP contribution is -2.45. The zero-order valence-corrected chi connectivity index (χ0v) is 14.3. The van der Waals surface area contributed by atoms with Crippen molar-refractivity contribution in [3.05, 3.63) is 48.0 Å². The highest BCUT2D eigenvalue weighted by atomic mass is 16.3. The Balaban J connectivity index is 1.71. The maximum atomic E-state index is 9.64. The molecule has 0 amide bonds. The van der Waals surface area contributed by atoms with Gasteiger partial charge in [-0.15, -0.1) is 0 Å². The minimum absolute atomic E-state index is 0.127. The smallest absolute Gasteiger partial charge is 0.191 e. The van der Waals surface area contributed by atoms with Crippen LogP contribution in [0.4, 0.5) is 0 Å². The topological polar surface area (TPSA) is 56.7 Å². The molecule has 0 saturated heterocycles. The molecule has 1 aliphatic rings. The van der Waals surface area contributed by atoms with Crippen LogP contribution in [-0.2, 0) is 6.54 Å². The Labute approximate surface area is 144 Å². The van der Waals surface area contributed by atoms with Gasteiger partial charge in [-0.2, -0.15) is 0 Å². The summed E-state index contributed by atoms with van der Waals surface area (Å²) in [6.45, 7) is 3.59. The van der Waals surface area contributed by atoms with Gasteiger partial charge in [0, 0.05) is 12.6 Å². The molecule has 128 valence electrons. The molecule has 0 radical (unpaired) electrons. The molecule has 0 bridgehead atoms. The molecule has 1 aliphatic carbocycles. The molecule has 0 aromatic heterocycles. The lowest BCUT2D eigenvalue weighted by molar-refractivity contribution is 0.120. The van der Waals surface area contributed by atoms with Crippen molar-refractivity contribution in [2.75, 3.05) is 6.54 Å². The molecule has 3 rings (SSSR count). The summed E-state index contributed by atoms with van der Waals surface area (Å²) < 4.78 is 0. The van der Waals surface area contributed by atoms with Crippen LogP contribution in [0, 0.1) is 0 Å². The zero-order valence-electron chi connectivity index (χ0n) is 14.3. The first-order valence-electron chi connectivity index (χ1n) is 8.96. The van der Waals surface area contributed by atoms with Crippen LogP contribution in [0.2, 0.25) is 0 Å². The lowest BCUT2D eigenvalue weighted by atomic mass is 9.93. The molecule has 2 aromatic carbocycles. The van der Waals surface area contributed by atoms with E-state index in [0.29, 0.717) is 12.6 Å². The highest BCUT2D eigenvalue weighted by Crippen LogP contribution is 2.20. The van der Waals surface area contributed by atoms with E-state index in [0.717, 1.165) is 38.2 Å². The third-order valence-corrected chi connectivity index (χ3v) is 4.67. The quantitative estimate of drug-likeness (QED) is 0.598. The van der Waals surface area contributed by atoms with Crippen molar-refractivity contribution >= 4 is 16.7 Å². The Morgan fingerprint density at radius 1 is 1.08 bits per heavy atom. The Morgan fingerprint density at radius 2 is 1.83 bits per heavy atom. The van der Waals surface area contributed by atoms with Crippen LogP contribution in [0.1, 0.15) is 38.2 Å². The summed E-state index contributed by atoms with van der Waals surface area (Å²) in [6, 6.07) is 15.2. The molecular weight excluding hydrogens is 298 g/mol. The molecule has 1 fully saturated rings. The van der Waals surface area contributed by atoms with Crippen molar-refractivity contribution < 1.29 is 5.11 Å². The van der Waals surface area contributed by atoms with Crippen molar-refractivity contribution in [2.45, 2.75) is 51.3 Å². The lowest BCUT2D eigenvalue weighted by Gasteiger charge is -2.27. The van der Waals surface area contributed by atoms with Crippen LogP contribution >= 0.6 is 0 Å². The molecule has 0 unspecified atom stereocenters. The summed E-state index contributed by atoms with van der Waals surface area (Å²) in [5.41, 5.74) is 1.24. The van der Waals surface area contributed by atoms with Crippen molar-refractivity contribution in [3.63, 3.8) is 0 Å². The van der Waals surface area contributed by atoms with Crippen LogP contribution in [0.3, 0.4) is 0 Å². The van der Waals surface area contributed by atoms with E-state index >= 15 is 0 Å². The van der Waals surface area contributed by atoms with Crippen molar-refractivity contribution in [1.29, 1.82) is 0 Å². The fourth-order valence-corrected chi connectivity index (χ4v) is 3.33. The summed E-state index contributed by atoms with van der Waals surface area (Å²) >= 11 is 0. The van der Waals surface area contributed by atoms with Gasteiger partial charge in [0.2, 0.25) is 0 Å². The van der Waals surface area contributed by atoms with Crippen LogP contribution in [0.5, 0.6) is 0 Å². The van der Waals surface area contributed by atoms with Crippen molar-refractivity contribution in [1.82, 2.24) is 10.6 Å². The maximum absolute atomic E-state index is 9.64. The predicted octanol–water partition coefficient (Wildman–Crippen LogP) is 3.20. The van der Waals surface area contributed by atoms with Gasteiger partial charge in [-0.3, -0.25) is 0 Å². The summed E-state index contributed by atoms with van der Waals surface area (Å²) in [5, 5.41) is 19.0. The van der Waals surface area contributed by atoms with E-state index in [2.05, 4.69) is 60.0 Å². The van der Waals surface area contributed by atoms with Gasteiger partial charge in [0.05, 0.1) is 12.6 Å². The van der Waals surface area contributed by atoms with Gasteiger partial charge in [0.1, 0.15) is 0 Å². The molecule has 0 heterocycles. The Morgan fingerprint density at radius 3 is 2.62 bits per heavy atom. The normalized spacial score (nSPS) is 21.7. The molecule has 4 heteroatoms. The summed E-state index contributed by atoms with van der Waals surface area (Å²) in [5.74, 6) is 0.867. The summed E-state index contributed by atoms with van der Waals surface area (Å²) in [7, 11) is 0. The molecule has 3 N–H and O–H groups in total. The molecular formula is C20H27N3O. The number of fused-ring (bicyclic) bond motifs is 1. The molecule has 0 aliphatic heterocycles. The molecule has 24 heavy (non-hydrogen) atoms. The van der Waals surface area contributed by atoms with Gasteiger partial charge in [0.15, 0.2) is 5.96 Å². The minimum Gasteiger partial charge on any atom is -0.393 e.